The van der Waals surface area contributed by atoms with Crippen molar-refractivity contribution < 1.29 is 28.0 Å². The highest BCUT2D eigenvalue weighted by atomic mass is 32.2. The van der Waals surface area contributed by atoms with Gasteiger partial charge in [-0.3, -0.25) is 20.7 Å². The maximum atomic E-state index is 13.5. The lowest BCUT2D eigenvalue weighted by atomic mass is 10.0. The van der Waals surface area contributed by atoms with E-state index in [1.54, 1.807) is 26.0 Å². The van der Waals surface area contributed by atoms with Gasteiger partial charge in [0.2, 0.25) is 21.6 Å². The highest BCUT2D eigenvalue weighted by Crippen LogP contribution is 2.25. The Morgan fingerprint density at radius 2 is 1.81 bits per heavy atom. The second-order valence-corrected chi connectivity index (χ2v) is 11.1. The predicted octanol–water partition coefficient (Wildman–Crippen LogP) is -0.293. The van der Waals surface area contributed by atoms with E-state index in [4.69, 9.17) is 4.84 Å². The highest BCUT2D eigenvalue weighted by Gasteiger charge is 2.44. The quantitative estimate of drug-likeness (QED) is 0.134. The van der Waals surface area contributed by atoms with E-state index in [1.165, 1.54) is 0 Å². The summed E-state index contributed by atoms with van der Waals surface area (Å²) in [6.07, 6.45) is 1.34. The number of carboxylic acids is 1. The molecule has 2 heterocycles. The molecule has 2 aliphatic heterocycles. The fourth-order valence-electron chi connectivity index (χ4n) is 4.72. The summed E-state index contributed by atoms with van der Waals surface area (Å²) in [6.45, 7) is 7.92. The van der Waals surface area contributed by atoms with Crippen LogP contribution in [0.4, 0.5) is 0 Å². The molecule has 2 fully saturated rings. The topological polar surface area (TPSA) is 170 Å². The van der Waals surface area contributed by atoms with E-state index in [0.29, 0.717) is 43.5 Å². The number of carbonyl (C=O) groups excluding carboxylic acids is 1. The first-order valence-electron chi connectivity index (χ1n) is 12.3. The van der Waals surface area contributed by atoms with Crippen LogP contribution in [0.2, 0.25) is 0 Å². The number of hydroxylamine groups is 1. The lowest BCUT2D eigenvalue weighted by Crippen LogP contribution is -2.65. The van der Waals surface area contributed by atoms with Crippen LogP contribution in [0.3, 0.4) is 0 Å². The Hall–Kier alpha value is -2.13. The van der Waals surface area contributed by atoms with Gasteiger partial charge in [0, 0.05) is 25.6 Å². The number of amides is 1. The molecule has 2 unspecified atom stereocenters. The summed E-state index contributed by atoms with van der Waals surface area (Å²) in [5.74, 6) is -2.05. The third-order valence-electron chi connectivity index (χ3n) is 6.30. The van der Waals surface area contributed by atoms with Crippen LogP contribution >= 0.6 is 0 Å². The van der Waals surface area contributed by atoms with Gasteiger partial charge in [-0.1, -0.05) is 17.7 Å². The maximum absolute atomic E-state index is 13.5. The van der Waals surface area contributed by atoms with E-state index < -0.39 is 27.6 Å². The van der Waals surface area contributed by atoms with E-state index in [9.17, 15) is 23.1 Å². The number of sulfonamides is 1. The minimum absolute atomic E-state index is 0.0129. The van der Waals surface area contributed by atoms with Crippen LogP contribution < -0.4 is 31.5 Å². The molecule has 2 aliphatic rings. The molecule has 1 aromatic carbocycles. The van der Waals surface area contributed by atoms with Gasteiger partial charge in [-0.15, -0.1) is 0 Å². The molecule has 1 amide bonds. The molecule has 0 bridgehead atoms. The Morgan fingerprint density at radius 1 is 1.14 bits per heavy atom. The first-order chi connectivity index (χ1) is 17.0. The molecule has 7 N–H and O–H groups in total. The Balaban J connectivity index is 1.79. The number of unbranched alkanes of at least 4 members (excludes halogenated alkanes) is 1. The number of carboxylic acid groups (broad SMARTS) is 1. The average molecular weight is 527 g/mol. The van der Waals surface area contributed by atoms with Gasteiger partial charge in [0.05, 0.1) is 11.5 Å². The van der Waals surface area contributed by atoms with Crippen LogP contribution in [0.1, 0.15) is 48.8 Å². The molecule has 0 aromatic heterocycles. The zero-order valence-electron chi connectivity index (χ0n) is 21.1. The molecule has 13 heteroatoms. The number of nitrogens with one attached hydrogen (secondary N) is 6. The number of rotatable bonds is 13. The fraction of sp³-hybridized carbons (Fsp3) is 0.652. The SMILES string of the molecule is Cc1cc(C)c(S(=O)(=O)NC(CCCCNC2NCCN2)(NC(=O)CC2CCON2)C(=O)O)c(C)c1. The molecule has 2 atom stereocenters. The number of aliphatic carboxylic acids is 1. The minimum atomic E-state index is -4.29. The number of hydrogen-bond donors (Lipinski definition) is 7. The lowest BCUT2D eigenvalue weighted by Gasteiger charge is -2.32. The summed E-state index contributed by atoms with van der Waals surface area (Å²) in [5.41, 5.74) is 2.40. The van der Waals surface area contributed by atoms with Crippen molar-refractivity contribution in [2.24, 2.45) is 0 Å². The van der Waals surface area contributed by atoms with Crippen molar-refractivity contribution in [3.8, 4) is 0 Å². The van der Waals surface area contributed by atoms with Gasteiger partial charge < -0.3 is 15.3 Å². The number of benzene rings is 1. The molecule has 1 aromatic rings. The summed E-state index contributed by atoms with van der Waals surface area (Å²) in [5, 5.41) is 22.4. The van der Waals surface area contributed by atoms with Crippen molar-refractivity contribution in [1.82, 2.24) is 31.5 Å². The standard InChI is InChI=1S/C23H38N6O6S/c1-15-12-16(2)20(17(3)13-15)36(33,34)29-23(21(31)32,27-19(30)14-18-6-11-35-28-18)7-4-5-8-24-22-25-9-10-26-22/h12-13,18,22,24-26,28-29H,4-11,14H2,1-3H3,(H,27,30)(H,31,32). The molecule has 12 nitrogen and oxygen atoms in total. The number of aryl methyl sites for hydroxylation is 3. The summed E-state index contributed by atoms with van der Waals surface area (Å²) < 4.78 is 29.4. The van der Waals surface area contributed by atoms with Crippen molar-refractivity contribution in [2.45, 2.75) is 75.8 Å². The first-order valence-corrected chi connectivity index (χ1v) is 13.7. The van der Waals surface area contributed by atoms with Gasteiger partial charge in [-0.2, -0.15) is 10.2 Å². The lowest BCUT2D eigenvalue weighted by molar-refractivity contribution is -0.149. The molecular weight excluding hydrogens is 488 g/mol. The monoisotopic (exact) mass is 526 g/mol. The van der Waals surface area contributed by atoms with Crippen molar-refractivity contribution >= 4 is 21.9 Å². The summed E-state index contributed by atoms with van der Waals surface area (Å²) in [6, 6.07) is 3.18. The molecule has 0 saturated carbocycles. The summed E-state index contributed by atoms with van der Waals surface area (Å²) in [7, 11) is -4.29. The maximum Gasteiger partial charge on any atom is 0.345 e. The van der Waals surface area contributed by atoms with Gasteiger partial charge in [-0.25, -0.2) is 13.2 Å². The van der Waals surface area contributed by atoms with Crippen molar-refractivity contribution in [3.05, 3.63) is 28.8 Å². The molecule has 0 radical (unpaired) electrons. The Kier molecular flexibility index (Phi) is 9.80. The normalized spacial score (nSPS) is 20.4. The Morgan fingerprint density at radius 3 is 2.39 bits per heavy atom. The molecule has 202 valence electrons. The van der Waals surface area contributed by atoms with Crippen LogP contribution in [0, 0.1) is 20.8 Å². The number of carbonyl (C=O) groups is 2. The van der Waals surface area contributed by atoms with Gasteiger partial charge in [0.25, 0.3) is 0 Å². The van der Waals surface area contributed by atoms with E-state index in [1.807, 2.05) is 6.92 Å². The van der Waals surface area contributed by atoms with E-state index in [-0.39, 0.29) is 30.1 Å². The van der Waals surface area contributed by atoms with Crippen molar-refractivity contribution in [1.29, 1.82) is 0 Å². The molecule has 0 spiro atoms. The van der Waals surface area contributed by atoms with Crippen molar-refractivity contribution in [2.75, 3.05) is 26.2 Å². The fourth-order valence-corrected chi connectivity index (χ4v) is 6.49. The molecular formula is C23H38N6O6S. The first kappa shape index (κ1) is 28.4. The van der Waals surface area contributed by atoms with Crippen LogP contribution in [-0.4, -0.2) is 69.6 Å². The van der Waals surface area contributed by atoms with Crippen LogP contribution in [-0.2, 0) is 24.4 Å². The van der Waals surface area contributed by atoms with Crippen LogP contribution in [0.15, 0.2) is 17.0 Å². The molecule has 2 saturated heterocycles. The van der Waals surface area contributed by atoms with E-state index in [2.05, 4.69) is 31.5 Å². The number of hydrogen-bond acceptors (Lipinski definition) is 9. The second kappa shape index (κ2) is 12.4. The molecule has 3 rings (SSSR count). The van der Waals surface area contributed by atoms with Gasteiger partial charge in [-0.05, 0) is 64.1 Å². The minimum Gasteiger partial charge on any atom is -0.478 e. The zero-order valence-corrected chi connectivity index (χ0v) is 21.9. The second-order valence-electron chi connectivity index (χ2n) is 9.50. The summed E-state index contributed by atoms with van der Waals surface area (Å²) >= 11 is 0. The van der Waals surface area contributed by atoms with E-state index in [0.717, 1.165) is 18.7 Å². The Labute approximate surface area is 212 Å². The van der Waals surface area contributed by atoms with Crippen LogP contribution in [0.5, 0.6) is 0 Å². The van der Waals surface area contributed by atoms with Gasteiger partial charge in [0.1, 0.15) is 6.29 Å². The van der Waals surface area contributed by atoms with Gasteiger partial charge in [0.15, 0.2) is 0 Å². The van der Waals surface area contributed by atoms with Gasteiger partial charge >= 0.3 is 5.97 Å². The largest absolute Gasteiger partial charge is 0.478 e. The highest BCUT2D eigenvalue weighted by molar-refractivity contribution is 7.89. The smallest absolute Gasteiger partial charge is 0.345 e. The Bertz CT molecular complexity index is 1020. The summed E-state index contributed by atoms with van der Waals surface area (Å²) in [4.78, 5) is 30.5. The van der Waals surface area contributed by atoms with Crippen molar-refractivity contribution in [3.63, 3.8) is 0 Å². The molecule has 36 heavy (non-hydrogen) atoms. The zero-order chi connectivity index (χ0) is 26.3. The van der Waals surface area contributed by atoms with E-state index >= 15 is 0 Å². The molecule has 0 aliphatic carbocycles. The third kappa shape index (κ3) is 7.44. The van der Waals surface area contributed by atoms with Crippen LogP contribution in [0.25, 0.3) is 0 Å². The predicted molar refractivity (Wildman–Crippen MR) is 133 cm³/mol. The third-order valence-corrected chi connectivity index (χ3v) is 8.10. The average Bonchev–Trinajstić information content (AvgIpc) is 3.46.